The Morgan fingerprint density at radius 3 is 2.89 bits per heavy atom. The van der Waals surface area contributed by atoms with Crippen LogP contribution >= 0.6 is 34.2 Å². The van der Waals surface area contributed by atoms with Gasteiger partial charge in [0, 0.05) is 18.7 Å². The number of likely N-dealkylation sites (tertiary alicyclic amines) is 1. The highest BCUT2D eigenvalue weighted by Gasteiger charge is 2.28. The molecule has 0 saturated carbocycles. The number of amides is 1. The van der Waals surface area contributed by atoms with E-state index in [1.807, 2.05) is 22.6 Å². The zero-order chi connectivity index (χ0) is 13.3. The second-order valence-corrected chi connectivity index (χ2v) is 6.42. The van der Waals surface area contributed by atoms with E-state index < -0.39 is 0 Å². The van der Waals surface area contributed by atoms with Gasteiger partial charge in [0.2, 0.25) is 0 Å². The molecule has 5 heteroatoms. The van der Waals surface area contributed by atoms with E-state index in [4.69, 9.17) is 11.6 Å². The Hall–Kier alpha value is -0.490. The molecule has 1 fully saturated rings. The number of nitrogens with zero attached hydrogens (tertiary/aromatic N) is 1. The predicted octanol–water partition coefficient (Wildman–Crippen LogP) is 3.09. The van der Waals surface area contributed by atoms with E-state index in [9.17, 15) is 9.90 Å². The molecule has 1 aliphatic rings. The van der Waals surface area contributed by atoms with E-state index in [0.29, 0.717) is 18.0 Å². The van der Waals surface area contributed by atoms with Gasteiger partial charge < -0.3 is 10.0 Å². The van der Waals surface area contributed by atoms with Crippen molar-refractivity contribution in [2.75, 3.05) is 13.1 Å². The smallest absolute Gasteiger partial charge is 0.254 e. The number of piperidine rings is 1. The summed E-state index contributed by atoms with van der Waals surface area (Å²) in [6.07, 6.45) is 0.927. The van der Waals surface area contributed by atoms with Crippen molar-refractivity contribution in [1.82, 2.24) is 4.90 Å². The molecule has 0 aliphatic carbocycles. The van der Waals surface area contributed by atoms with Crippen LogP contribution in [-0.2, 0) is 0 Å². The molecule has 0 bridgehead atoms. The van der Waals surface area contributed by atoms with Gasteiger partial charge in [-0.1, -0.05) is 6.92 Å². The highest BCUT2D eigenvalue weighted by Crippen LogP contribution is 2.25. The first-order chi connectivity index (χ1) is 8.49. The van der Waals surface area contributed by atoms with Crippen LogP contribution in [0, 0.1) is 9.49 Å². The molecule has 0 spiro atoms. The molecular weight excluding hydrogens is 365 g/mol. The standard InChI is InChI=1S/C13H15ClINO2/c1-8-4-5-16(7-10(8)14)13(18)9-2-3-11(15)12(17)6-9/h2-3,6,8,10,17H,4-5,7H2,1H3. The molecule has 0 radical (unpaired) electrons. The number of aromatic hydroxyl groups is 1. The average molecular weight is 380 g/mol. The molecular formula is C13H15ClINO2. The maximum atomic E-state index is 12.3. The fourth-order valence-corrected chi connectivity index (χ4v) is 2.66. The summed E-state index contributed by atoms with van der Waals surface area (Å²) in [6, 6.07) is 5.00. The van der Waals surface area contributed by atoms with Crippen LogP contribution < -0.4 is 0 Å². The Labute approximate surface area is 125 Å². The van der Waals surface area contributed by atoms with Gasteiger partial charge in [0.15, 0.2) is 0 Å². The van der Waals surface area contributed by atoms with Crippen molar-refractivity contribution < 1.29 is 9.90 Å². The van der Waals surface area contributed by atoms with Crippen molar-refractivity contribution >= 4 is 40.1 Å². The van der Waals surface area contributed by atoms with Crippen LogP contribution in [0.5, 0.6) is 5.75 Å². The summed E-state index contributed by atoms with van der Waals surface area (Å²) in [7, 11) is 0. The summed E-state index contributed by atoms with van der Waals surface area (Å²) in [5, 5.41) is 9.65. The molecule has 1 saturated heterocycles. The third kappa shape index (κ3) is 2.91. The van der Waals surface area contributed by atoms with E-state index in [1.54, 1.807) is 17.0 Å². The monoisotopic (exact) mass is 379 g/mol. The van der Waals surface area contributed by atoms with Gasteiger partial charge in [-0.15, -0.1) is 11.6 Å². The zero-order valence-corrected chi connectivity index (χ0v) is 13.0. The highest BCUT2D eigenvalue weighted by atomic mass is 127. The second kappa shape index (κ2) is 5.65. The van der Waals surface area contributed by atoms with Crippen LogP contribution in [0.1, 0.15) is 23.7 Å². The quantitative estimate of drug-likeness (QED) is 0.602. The number of phenols is 1. The summed E-state index contributed by atoms with van der Waals surface area (Å²) >= 11 is 8.23. The van der Waals surface area contributed by atoms with Gasteiger partial charge in [-0.05, 0) is 53.1 Å². The molecule has 1 heterocycles. The van der Waals surface area contributed by atoms with E-state index in [0.717, 1.165) is 16.5 Å². The van der Waals surface area contributed by atoms with E-state index >= 15 is 0 Å². The summed E-state index contributed by atoms with van der Waals surface area (Å²) < 4.78 is 0.742. The van der Waals surface area contributed by atoms with Crippen LogP contribution in [0.15, 0.2) is 18.2 Å². The maximum absolute atomic E-state index is 12.3. The van der Waals surface area contributed by atoms with Crippen molar-refractivity contribution in [2.24, 2.45) is 5.92 Å². The van der Waals surface area contributed by atoms with Gasteiger partial charge in [0.05, 0.1) is 8.95 Å². The van der Waals surface area contributed by atoms with Crippen LogP contribution in [0.25, 0.3) is 0 Å². The average Bonchev–Trinajstić information content (AvgIpc) is 2.35. The van der Waals surface area contributed by atoms with Gasteiger partial charge in [0.1, 0.15) is 5.75 Å². The molecule has 2 rings (SSSR count). The normalized spacial score (nSPS) is 24.1. The molecule has 98 valence electrons. The van der Waals surface area contributed by atoms with Crippen LogP contribution in [-0.4, -0.2) is 34.4 Å². The lowest BCUT2D eigenvalue weighted by Crippen LogP contribution is -2.43. The number of rotatable bonds is 1. The van der Waals surface area contributed by atoms with Gasteiger partial charge >= 0.3 is 0 Å². The fraction of sp³-hybridized carbons (Fsp3) is 0.462. The molecule has 3 nitrogen and oxygen atoms in total. The lowest BCUT2D eigenvalue weighted by molar-refractivity contribution is 0.0701. The topological polar surface area (TPSA) is 40.5 Å². The van der Waals surface area contributed by atoms with Crippen molar-refractivity contribution in [3.8, 4) is 5.75 Å². The maximum Gasteiger partial charge on any atom is 0.254 e. The minimum absolute atomic E-state index is 0.0140. The highest BCUT2D eigenvalue weighted by molar-refractivity contribution is 14.1. The number of phenolic OH excluding ortho intramolecular Hbond substituents is 1. The largest absolute Gasteiger partial charge is 0.507 e. The molecule has 1 amide bonds. The van der Waals surface area contributed by atoms with Gasteiger partial charge in [-0.25, -0.2) is 0 Å². The number of hydrogen-bond donors (Lipinski definition) is 1. The van der Waals surface area contributed by atoms with E-state index in [1.165, 1.54) is 6.07 Å². The summed E-state index contributed by atoms with van der Waals surface area (Å²) in [5.74, 6) is 0.536. The number of hydrogen-bond acceptors (Lipinski definition) is 2. The lowest BCUT2D eigenvalue weighted by atomic mass is 9.98. The van der Waals surface area contributed by atoms with E-state index in [2.05, 4.69) is 6.92 Å². The Kier molecular flexibility index (Phi) is 4.37. The molecule has 1 aromatic carbocycles. The Morgan fingerprint density at radius 1 is 1.56 bits per heavy atom. The van der Waals surface area contributed by atoms with Gasteiger partial charge in [-0.2, -0.15) is 0 Å². The fourth-order valence-electron chi connectivity index (χ4n) is 2.03. The molecule has 1 N–H and O–H groups in total. The Balaban J connectivity index is 2.14. The van der Waals surface area contributed by atoms with Crippen LogP contribution in [0.4, 0.5) is 0 Å². The molecule has 2 atom stereocenters. The first-order valence-electron chi connectivity index (χ1n) is 5.91. The van der Waals surface area contributed by atoms with Crippen molar-refractivity contribution in [3.63, 3.8) is 0 Å². The molecule has 1 aromatic rings. The molecule has 2 unspecified atom stereocenters. The third-order valence-electron chi connectivity index (χ3n) is 3.35. The van der Waals surface area contributed by atoms with Crippen LogP contribution in [0.3, 0.4) is 0 Å². The number of alkyl halides is 1. The number of carbonyl (C=O) groups excluding carboxylic acids is 1. The van der Waals surface area contributed by atoms with Crippen molar-refractivity contribution in [3.05, 3.63) is 27.3 Å². The number of benzene rings is 1. The van der Waals surface area contributed by atoms with Crippen LogP contribution in [0.2, 0.25) is 0 Å². The first kappa shape index (κ1) is 13.9. The Morgan fingerprint density at radius 2 is 2.28 bits per heavy atom. The molecule has 1 aliphatic heterocycles. The van der Waals surface area contributed by atoms with Gasteiger partial charge in [0.25, 0.3) is 5.91 Å². The SMILES string of the molecule is CC1CCN(C(=O)c2ccc(I)c(O)c2)CC1Cl. The molecule has 18 heavy (non-hydrogen) atoms. The lowest BCUT2D eigenvalue weighted by Gasteiger charge is -2.34. The molecule has 0 aromatic heterocycles. The second-order valence-electron chi connectivity index (χ2n) is 4.70. The van der Waals surface area contributed by atoms with Crippen molar-refractivity contribution in [2.45, 2.75) is 18.7 Å². The summed E-state index contributed by atoms with van der Waals surface area (Å²) in [4.78, 5) is 14.0. The minimum atomic E-state index is -0.0562. The minimum Gasteiger partial charge on any atom is -0.507 e. The Bertz CT molecular complexity index is 466. The first-order valence-corrected chi connectivity index (χ1v) is 7.42. The summed E-state index contributed by atoms with van der Waals surface area (Å²) in [5.41, 5.74) is 0.520. The number of carbonyl (C=O) groups is 1. The van der Waals surface area contributed by atoms with Crippen molar-refractivity contribution in [1.29, 1.82) is 0 Å². The van der Waals surface area contributed by atoms with E-state index in [-0.39, 0.29) is 17.0 Å². The van der Waals surface area contributed by atoms with Gasteiger partial charge in [-0.3, -0.25) is 4.79 Å². The third-order valence-corrected chi connectivity index (χ3v) is 4.83. The number of halogens is 2. The predicted molar refractivity (Wildman–Crippen MR) is 80.1 cm³/mol. The summed E-state index contributed by atoms with van der Waals surface area (Å²) in [6.45, 7) is 3.42. The zero-order valence-electron chi connectivity index (χ0n) is 10.1.